The highest BCUT2D eigenvalue weighted by atomic mass is 79.9. The van der Waals surface area contributed by atoms with E-state index < -0.39 is 12.0 Å². The van der Waals surface area contributed by atoms with Crippen LogP contribution in [0.25, 0.3) is 0 Å². The summed E-state index contributed by atoms with van der Waals surface area (Å²) >= 11 is 3.38. The molecule has 2 N–H and O–H groups in total. The van der Waals surface area contributed by atoms with Crippen molar-refractivity contribution in [1.29, 1.82) is 5.26 Å². The number of nitrogens with zero attached hydrogens (tertiary/aromatic N) is 2. The standard InChI is InChI=1S/C15H15BrN4O2/c1-3-22-14(21)12-9(2)19-15(18-8-17)20-13(12)10-4-6-11(16)7-5-10/h4-7,13H,3H2,1-2H3,(H2,18,19,20)/t13-/m1/s1. The van der Waals surface area contributed by atoms with Gasteiger partial charge in [-0.3, -0.25) is 5.32 Å². The van der Waals surface area contributed by atoms with Crippen molar-refractivity contribution in [2.24, 2.45) is 4.99 Å². The predicted molar refractivity (Wildman–Crippen MR) is 85.5 cm³/mol. The Labute approximate surface area is 137 Å². The summed E-state index contributed by atoms with van der Waals surface area (Å²) in [7, 11) is 0. The monoisotopic (exact) mass is 362 g/mol. The molecule has 0 radical (unpaired) electrons. The van der Waals surface area contributed by atoms with E-state index in [9.17, 15) is 4.79 Å². The van der Waals surface area contributed by atoms with Crippen molar-refractivity contribution in [1.82, 2.24) is 10.6 Å². The number of ether oxygens (including phenoxy) is 1. The average Bonchev–Trinajstić information content (AvgIpc) is 2.48. The molecule has 1 aromatic carbocycles. The highest BCUT2D eigenvalue weighted by molar-refractivity contribution is 9.10. The molecule has 22 heavy (non-hydrogen) atoms. The summed E-state index contributed by atoms with van der Waals surface area (Å²) in [5.74, 6) is -0.110. The highest BCUT2D eigenvalue weighted by Crippen LogP contribution is 2.31. The third kappa shape index (κ3) is 3.46. The first kappa shape index (κ1) is 16.0. The second kappa shape index (κ2) is 7.09. The van der Waals surface area contributed by atoms with Gasteiger partial charge in [-0.2, -0.15) is 5.26 Å². The lowest BCUT2D eigenvalue weighted by molar-refractivity contribution is -0.138. The maximum Gasteiger partial charge on any atom is 0.338 e. The van der Waals surface area contributed by atoms with Gasteiger partial charge in [-0.05, 0) is 31.5 Å². The smallest absolute Gasteiger partial charge is 0.338 e. The minimum absolute atomic E-state index is 0.287. The third-order valence-electron chi connectivity index (χ3n) is 3.10. The molecule has 0 aliphatic carbocycles. The Balaban J connectivity index is 2.45. The molecule has 0 spiro atoms. The minimum Gasteiger partial charge on any atom is -0.463 e. The Hall–Kier alpha value is -2.33. The van der Waals surface area contributed by atoms with E-state index in [0.717, 1.165) is 10.0 Å². The topological polar surface area (TPSA) is 86.5 Å². The fraction of sp³-hybridized carbons (Fsp3) is 0.267. The van der Waals surface area contributed by atoms with Crippen LogP contribution in [0.15, 0.2) is 45.0 Å². The SMILES string of the molecule is CCOC(=O)C1=C(C)NC(NC#N)=N[C@@H]1c1ccc(Br)cc1. The van der Waals surface area contributed by atoms with Crippen molar-refractivity contribution in [3.8, 4) is 6.19 Å². The first-order valence-electron chi connectivity index (χ1n) is 6.70. The lowest BCUT2D eigenvalue weighted by Gasteiger charge is -2.25. The molecular formula is C15H15BrN4O2. The molecule has 6 nitrogen and oxygen atoms in total. The van der Waals surface area contributed by atoms with Gasteiger partial charge >= 0.3 is 5.97 Å². The Morgan fingerprint density at radius 2 is 2.18 bits per heavy atom. The number of benzene rings is 1. The van der Waals surface area contributed by atoms with Crippen LogP contribution in [0.2, 0.25) is 0 Å². The van der Waals surface area contributed by atoms with Crippen LogP contribution in [0.3, 0.4) is 0 Å². The van der Waals surface area contributed by atoms with Crippen LogP contribution in [0.5, 0.6) is 0 Å². The van der Waals surface area contributed by atoms with E-state index in [1.54, 1.807) is 13.8 Å². The second-order valence-electron chi connectivity index (χ2n) is 4.55. The van der Waals surface area contributed by atoms with Crippen LogP contribution in [-0.4, -0.2) is 18.5 Å². The van der Waals surface area contributed by atoms with Crippen LogP contribution in [0.4, 0.5) is 0 Å². The molecule has 0 bridgehead atoms. The molecule has 114 valence electrons. The Kier molecular flexibility index (Phi) is 5.17. The van der Waals surface area contributed by atoms with E-state index in [2.05, 4.69) is 31.6 Å². The molecule has 0 fully saturated rings. The van der Waals surface area contributed by atoms with Gasteiger partial charge in [0, 0.05) is 10.2 Å². The molecule has 1 atom stereocenters. The fourth-order valence-electron chi connectivity index (χ4n) is 2.15. The molecule has 1 aliphatic heterocycles. The summed E-state index contributed by atoms with van der Waals surface area (Å²) in [4.78, 5) is 16.6. The second-order valence-corrected chi connectivity index (χ2v) is 5.47. The maximum absolute atomic E-state index is 12.2. The molecule has 1 aliphatic rings. The fourth-order valence-corrected chi connectivity index (χ4v) is 2.42. The summed E-state index contributed by atoms with van der Waals surface area (Å²) in [6.45, 7) is 3.80. The normalized spacial score (nSPS) is 17.2. The van der Waals surface area contributed by atoms with Crippen molar-refractivity contribution < 1.29 is 9.53 Å². The number of carbonyl (C=O) groups is 1. The van der Waals surface area contributed by atoms with Gasteiger partial charge in [0.25, 0.3) is 0 Å². The number of esters is 1. The van der Waals surface area contributed by atoms with Gasteiger partial charge in [0.05, 0.1) is 12.2 Å². The third-order valence-corrected chi connectivity index (χ3v) is 3.63. The lowest BCUT2D eigenvalue weighted by Crippen LogP contribution is -2.39. The number of guanidine groups is 1. The number of hydrogen-bond donors (Lipinski definition) is 2. The molecule has 1 heterocycles. The first-order valence-corrected chi connectivity index (χ1v) is 7.49. The molecule has 7 heteroatoms. The summed E-state index contributed by atoms with van der Waals surface area (Å²) in [5, 5.41) is 14.1. The first-order chi connectivity index (χ1) is 10.6. The Morgan fingerprint density at radius 1 is 1.50 bits per heavy atom. The van der Waals surface area contributed by atoms with E-state index in [1.807, 2.05) is 30.5 Å². The number of carbonyl (C=O) groups excluding carboxylic acids is 1. The summed E-state index contributed by atoms with van der Waals surface area (Å²) in [5.41, 5.74) is 1.89. The molecule has 0 saturated heterocycles. The number of aliphatic imine (C=N–C) groups is 1. The Bertz CT molecular complexity index is 674. The molecule has 1 aromatic rings. The van der Waals surface area contributed by atoms with E-state index in [1.165, 1.54) is 0 Å². The zero-order chi connectivity index (χ0) is 16.1. The van der Waals surface area contributed by atoms with Crippen molar-refractivity contribution in [3.63, 3.8) is 0 Å². The number of nitriles is 1. The van der Waals surface area contributed by atoms with Crippen LogP contribution < -0.4 is 10.6 Å². The van der Waals surface area contributed by atoms with Gasteiger partial charge in [-0.25, -0.2) is 9.79 Å². The van der Waals surface area contributed by atoms with Crippen molar-refractivity contribution in [2.45, 2.75) is 19.9 Å². The van der Waals surface area contributed by atoms with Gasteiger partial charge in [-0.1, -0.05) is 28.1 Å². The number of halogens is 1. The molecule has 0 amide bonds. The van der Waals surface area contributed by atoms with Gasteiger partial charge in [0.2, 0.25) is 5.96 Å². The summed E-state index contributed by atoms with van der Waals surface area (Å²) < 4.78 is 6.05. The molecule has 0 aromatic heterocycles. The van der Waals surface area contributed by atoms with Gasteiger partial charge < -0.3 is 10.1 Å². The average molecular weight is 363 g/mol. The Morgan fingerprint density at radius 3 is 2.77 bits per heavy atom. The molecule has 2 rings (SSSR count). The quantitative estimate of drug-likeness (QED) is 0.489. The molecule has 0 unspecified atom stereocenters. The maximum atomic E-state index is 12.2. The van der Waals surface area contributed by atoms with Crippen LogP contribution in [-0.2, 0) is 9.53 Å². The zero-order valence-electron chi connectivity index (χ0n) is 12.2. The molecular weight excluding hydrogens is 348 g/mol. The van der Waals surface area contributed by atoms with Gasteiger partial charge in [0.15, 0.2) is 6.19 Å². The number of allylic oxidation sites excluding steroid dienone is 1. The summed E-state index contributed by atoms with van der Waals surface area (Å²) in [6, 6.07) is 6.98. The van der Waals surface area contributed by atoms with Gasteiger partial charge in [0.1, 0.15) is 6.04 Å². The predicted octanol–water partition coefficient (Wildman–Crippen LogP) is 2.36. The largest absolute Gasteiger partial charge is 0.463 e. The molecule has 0 saturated carbocycles. The lowest BCUT2D eigenvalue weighted by atomic mass is 9.96. The number of hydrogen-bond acceptors (Lipinski definition) is 6. The van der Waals surface area contributed by atoms with Crippen molar-refractivity contribution in [2.75, 3.05) is 6.61 Å². The van der Waals surface area contributed by atoms with E-state index >= 15 is 0 Å². The van der Waals surface area contributed by atoms with Crippen LogP contribution >= 0.6 is 15.9 Å². The highest BCUT2D eigenvalue weighted by Gasteiger charge is 2.30. The van der Waals surface area contributed by atoms with E-state index in [4.69, 9.17) is 10.00 Å². The number of nitrogens with one attached hydrogen (secondary N) is 2. The summed E-state index contributed by atoms with van der Waals surface area (Å²) in [6.07, 6.45) is 1.82. The van der Waals surface area contributed by atoms with Crippen molar-refractivity contribution in [3.05, 3.63) is 45.6 Å². The van der Waals surface area contributed by atoms with E-state index in [0.29, 0.717) is 17.2 Å². The zero-order valence-corrected chi connectivity index (χ0v) is 13.8. The van der Waals surface area contributed by atoms with Crippen LogP contribution in [0.1, 0.15) is 25.5 Å². The minimum atomic E-state index is -0.524. The number of rotatable bonds is 3. The van der Waals surface area contributed by atoms with Crippen molar-refractivity contribution >= 4 is 27.9 Å². The van der Waals surface area contributed by atoms with E-state index in [-0.39, 0.29) is 6.61 Å². The van der Waals surface area contributed by atoms with Crippen LogP contribution in [0, 0.1) is 11.5 Å². The van der Waals surface area contributed by atoms with Gasteiger partial charge in [-0.15, -0.1) is 0 Å².